The molecule has 0 bridgehead atoms. The lowest BCUT2D eigenvalue weighted by Crippen LogP contribution is -2.46. The van der Waals surface area contributed by atoms with Crippen LogP contribution in [0.3, 0.4) is 0 Å². The van der Waals surface area contributed by atoms with Crippen molar-refractivity contribution < 1.29 is 4.74 Å². The van der Waals surface area contributed by atoms with E-state index in [9.17, 15) is 0 Å². The third-order valence-electron chi connectivity index (χ3n) is 4.06. The van der Waals surface area contributed by atoms with Crippen LogP contribution in [0.15, 0.2) is 30.5 Å². The van der Waals surface area contributed by atoms with Crippen LogP contribution in [0, 0.1) is 5.41 Å². The van der Waals surface area contributed by atoms with E-state index in [1.54, 1.807) is 13.3 Å². The third kappa shape index (κ3) is 1.82. The molecule has 1 heterocycles. The molecule has 1 aromatic rings. The summed E-state index contributed by atoms with van der Waals surface area (Å²) < 4.78 is 5.66. The smallest absolute Gasteiger partial charge is 0.0902 e. The summed E-state index contributed by atoms with van der Waals surface area (Å²) in [7, 11) is 1.75. The molecule has 0 saturated heterocycles. The molecule has 0 saturated carbocycles. The van der Waals surface area contributed by atoms with Crippen LogP contribution < -0.4 is 0 Å². The number of aromatic nitrogens is 3. The summed E-state index contributed by atoms with van der Waals surface area (Å²) in [6.45, 7) is 6.39. The highest BCUT2D eigenvalue weighted by molar-refractivity contribution is 5.31. The van der Waals surface area contributed by atoms with E-state index in [2.05, 4.69) is 54.4 Å². The maximum atomic E-state index is 5.66. The topological polar surface area (TPSA) is 50.8 Å². The fourth-order valence-corrected chi connectivity index (χ4v) is 2.30. The number of rotatable bonds is 3. The summed E-state index contributed by atoms with van der Waals surface area (Å²) >= 11 is 0. The molecule has 4 nitrogen and oxygen atoms in total. The first-order valence-electron chi connectivity index (χ1n) is 5.78. The first-order chi connectivity index (χ1) is 8.01. The van der Waals surface area contributed by atoms with Gasteiger partial charge in [-0.1, -0.05) is 31.2 Å². The van der Waals surface area contributed by atoms with Crippen molar-refractivity contribution in [3.05, 3.63) is 36.2 Å². The molecule has 1 N–H and O–H groups in total. The molecule has 0 radical (unpaired) electrons. The summed E-state index contributed by atoms with van der Waals surface area (Å²) in [5.41, 5.74) is 0.517. The lowest BCUT2D eigenvalue weighted by atomic mass is 9.63. The second kappa shape index (κ2) is 4.11. The van der Waals surface area contributed by atoms with Crippen LogP contribution in [0.25, 0.3) is 0 Å². The van der Waals surface area contributed by atoms with Gasteiger partial charge in [0.2, 0.25) is 0 Å². The van der Waals surface area contributed by atoms with Gasteiger partial charge in [0.25, 0.3) is 0 Å². The maximum Gasteiger partial charge on any atom is 0.0902 e. The standard InChI is InChI=1S/C13H19N3O/c1-12(2,17-4)13(3)8-6-5-7-10(13)11-9-14-16-15-11/h5-10H,1-4H3,(H,14,15,16). The highest BCUT2D eigenvalue weighted by atomic mass is 16.5. The Labute approximate surface area is 102 Å². The summed E-state index contributed by atoms with van der Waals surface area (Å²) in [5.74, 6) is 0.168. The molecule has 1 aromatic heterocycles. The van der Waals surface area contributed by atoms with Crippen molar-refractivity contribution in [2.24, 2.45) is 5.41 Å². The minimum absolute atomic E-state index is 0.145. The number of methoxy groups -OCH3 is 1. The Hall–Kier alpha value is -1.42. The van der Waals surface area contributed by atoms with Gasteiger partial charge in [0, 0.05) is 18.4 Å². The fraction of sp³-hybridized carbons (Fsp3) is 0.538. The number of ether oxygens (including phenoxy) is 1. The minimum Gasteiger partial charge on any atom is -0.378 e. The van der Waals surface area contributed by atoms with Gasteiger partial charge in [-0.25, -0.2) is 0 Å². The summed E-state index contributed by atoms with van der Waals surface area (Å²) in [6.07, 6.45) is 10.2. The summed E-state index contributed by atoms with van der Waals surface area (Å²) in [4.78, 5) is 0. The molecule has 1 aliphatic carbocycles. The van der Waals surface area contributed by atoms with Gasteiger partial charge in [0.1, 0.15) is 0 Å². The fourth-order valence-electron chi connectivity index (χ4n) is 2.30. The second-order valence-electron chi connectivity index (χ2n) is 5.11. The quantitative estimate of drug-likeness (QED) is 0.872. The highest BCUT2D eigenvalue weighted by Gasteiger charge is 2.46. The van der Waals surface area contributed by atoms with E-state index in [0.717, 1.165) is 5.69 Å². The van der Waals surface area contributed by atoms with Gasteiger partial charge in [0.05, 0.1) is 17.5 Å². The average molecular weight is 233 g/mol. The Morgan fingerprint density at radius 1 is 1.41 bits per heavy atom. The first kappa shape index (κ1) is 12.0. The van der Waals surface area contributed by atoms with Crippen molar-refractivity contribution in [2.75, 3.05) is 7.11 Å². The van der Waals surface area contributed by atoms with Crippen molar-refractivity contribution in [1.82, 2.24) is 15.4 Å². The molecule has 4 heteroatoms. The Morgan fingerprint density at radius 2 is 2.18 bits per heavy atom. The zero-order valence-electron chi connectivity index (χ0n) is 10.8. The van der Waals surface area contributed by atoms with E-state index in [1.165, 1.54) is 0 Å². The van der Waals surface area contributed by atoms with Crippen LogP contribution in [-0.2, 0) is 4.74 Å². The molecule has 0 amide bonds. The van der Waals surface area contributed by atoms with Gasteiger partial charge >= 0.3 is 0 Å². The van der Waals surface area contributed by atoms with Gasteiger partial charge in [-0.2, -0.15) is 15.4 Å². The molecule has 17 heavy (non-hydrogen) atoms. The van der Waals surface area contributed by atoms with Crippen LogP contribution in [0.2, 0.25) is 0 Å². The molecule has 2 rings (SSSR count). The Bertz CT molecular complexity index is 434. The lowest BCUT2D eigenvalue weighted by Gasteiger charge is -2.46. The van der Waals surface area contributed by atoms with Gasteiger partial charge in [-0.15, -0.1) is 0 Å². The molecular weight excluding hydrogens is 214 g/mol. The number of nitrogens with one attached hydrogen (secondary N) is 1. The average Bonchev–Trinajstić information content (AvgIpc) is 2.83. The van der Waals surface area contributed by atoms with Gasteiger partial charge in [0.15, 0.2) is 0 Å². The molecule has 0 aliphatic heterocycles. The molecule has 0 spiro atoms. The zero-order chi connectivity index (χ0) is 12.5. The van der Waals surface area contributed by atoms with Crippen LogP contribution in [0.1, 0.15) is 32.4 Å². The van der Waals surface area contributed by atoms with E-state index in [4.69, 9.17) is 4.74 Å². The predicted molar refractivity (Wildman–Crippen MR) is 66.6 cm³/mol. The van der Waals surface area contributed by atoms with Crippen molar-refractivity contribution in [3.8, 4) is 0 Å². The van der Waals surface area contributed by atoms with E-state index in [0.29, 0.717) is 0 Å². The number of allylic oxidation sites excluding steroid dienone is 3. The van der Waals surface area contributed by atoms with E-state index < -0.39 is 0 Å². The van der Waals surface area contributed by atoms with Crippen molar-refractivity contribution in [2.45, 2.75) is 32.3 Å². The number of nitrogens with zero attached hydrogens (tertiary/aromatic N) is 2. The van der Waals surface area contributed by atoms with E-state index in [-0.39, 0.29) is 16.9 Å². The summed E-state index contributed by atoms with van der Waals surface area (Å²) in [6, 6.07) is 0. The lowest BCUT2D eigenvalue weighted by molar-refractivity contribution is -0.0634. The van der Waals surface area contributed by atoms with E-state index >= 15 is 0 Å². The molecule has 0 fully saturated rings. The number of aromatic amines is 1. The number of H-pyrrole nitrogens is 1. The third-order valence-corrected chi connectivity index (χ3v) is 4.06. The molecule has 2 atom stereocenters. The molecular formula is C13H19N3O. The van der Waals surface area contributed by atoms with Gasteiger partial charge < -0.3 is 4.74 Å². The Balaban J connectivity index is 2.44. The van der Waals surface area contributed by atoms with Crippen LogP contribution in [0.5, 0.6) is 0 Å². The maximum absolute atomic E-state index is 5.66. The van der Waals surface area contributed by atoms with Crippen molar-refractivity contribution >= 4 is 0 Å². The highest BCUT2D eigenvalue weighted by Crippen LogP contribution is 2.48. The van der Waals surface area contributed by atoms with Crippen LogP contribution in [0.4, 0.5) is 0 Å². The first-order valence-corrected chi connectivity index (χ1v) is 5.78. The van der Waals surface area contributed by atoms with Crippen LogP contribution in [-0.4, -0.2) is 28.1 Å². The normalized spacial score (nSPS) is 28.6. The zero-order valence-corrected chi connectivity index (χ0v) is 10.8. The van der Waals surface area contributed by atoms with E-state index in [1.807, 2.05) is 6.08 Å². The Morgan fingerprint density at radius 3 is 2.76 bits per heavy atom. The van der Waals surface area contributed by atoms with Crippen LogP contribution >= 0.6 is 0 Å². The minimum atomic E-state index is -0.280. The predicted octanol–water partition coefficient (Wildman–Crippen LogP) is 2.45. The largest absolute Gasteiger partial charge is 0.378 e. The second-order valence-corrected chi connectivity index (χ2v) is 5.11. The molecule has 0 aromatic carbocycles. The number of hydrogen-bond donors (Lipinski definition) is 1. The summed E-state index contributed by atoms with van der Waals surface area (Å²) in [5, 5.41) is 10.8. The Kier molecular flexibility index (Phi) is 2.91. The molecule has 2 unspecified atom stereocenters. The monoisotopic (exact) mass is 233 g/mol. The molecule has 1 aliphatic rings. The number of hydrogen-bond acceptors (Lipinski definition) is 3. The molecule has 92 valence electrons. The van der Waals surface area contributed by atoms with Crippen molar-refractivity contribution in [3.63, 3.8) is 0 Å². The SMILES string of the molecule is COC(C)(C)C1(C)C=CC=CC1c1cn[nH]n1. The van der Waals surface area contributed by atoms with Gasteiger partial charge in [-0.3, -0.25) is 0 Å². The van der Waals surface area contributed by atoms with Gasteiger partial charge in [-0.05, 0) is 13.8 Å². The van der Waals surface area contributed by atoms with Crippen molar-refractivity contribution in [1.29, 1.82) is 0 Å².